The third kappa shape index (κ3) is 3.40. The van der Waals surface area contributed by atoms with E-state index >= 15 is 0 Å². The Hall–Kier alpha value is -2.86. The zero-order valence-corrected chi connectivity index (χ0v) is 15.6. The Morgan fingerprint density at radius 3 is 2.30 bits per heavy atom. The fourth-order valence-electron chi connectivity index (χ4n) is 3.47. The van der Waals surface area contributed by atoms with E-state index in [0.717, 1.165) is 48.2 Å². The molecule has 1 saturated heterocycles. The second kappa shape index (κ2) is 7.40. The van der Waals surface area contributed by atoms with Crippen LogP contribution < -0.4 is 14.4 Å². The number of aromatic nitrogens is 2. The van der Waals surface area contributed by atoms with Gasteiger partial charge in [0.05, 0.1) is 25.8 Å². The van der Waals surface area contributed by atoms with Gasteiger partial charge in [-0.1, -0.05) is 30.3 Å². The number of ether oxygens (including phenoxy) is 2. The molecule has 0 amide bonds. The van der Waals surface area contributed by atoms with E-state index in [1.54, 1.807) is 14.2 Å². The fraction of sp³-hybridized carbons (Fsp3) is 0.333. The summed E-state index contributed by atoms with van der Waals surface area (Å²) in [6.07, 6.45) is 1.23. The number of nitrogens with zero attached hydrogens (tertiary/aromatic N) is 3. The maximum atomic E-state index is 9.87. The first-order chi connectivity index (χ1) is 13.2. The maximum Gasteiger partial charge on any atom is 0.162 e. The minimum Gasteiger partial charge on any atom is -0.493 e. The highest BCUT2D eigenvalue weighted by Crippen LogP contribution is 2.37. The standard InChI is InChI=1S/C21H23N3O3/c1-26-18-12-16-17(13-19(18)27-2)22-20(14-6-4-3-5-7-14)23-21(16)24-10-8-15(25)9-11-24/h3-7,12-13,15,25H,8-11H2,1-2H3. The molecular weight excluding hydrogens is 342 g/mol. The normalized spacial score (nSPS) is 15.1. The number of anilines is 1. The Balaban J connectivity index is 1.91. The van der Waals surface area contributed by atoms with Crippen molar-refractivity contribution in [3.63, 3.8) is 0 Å². The molecule has 0 atom stereocenters. The lowest BCUT2D eigenvalue weighted by Gasteiger charge is -2.31. The molecule has 2 aromatic carbocycles. The summed E-state index contributed by atoms with van der Waals surface area (Å²) in [5.74, 6) is 2.84. The average Bonchev–Trinajstić information content (AvgIpc) is 2.73. The molecular formula is C21H23N3O3. The predicted octanol–water partition coefficient (Wildman–Crippen LogP) is 3.28. The van der Waals surface area contributed by atoms with Crippen LogP contribution in [0.3, 0.4) is 0 Å². The molecule has 0 saturated carbocycles. The van der Waals surface area contributed by atoms with Crippen molar-refractivity contribution in [2.45, 2.75) is 18.9 Å². The van der Waals surface area contributed by atoms with Crippen molar-refractivity contribution in [3.8, 4) is 22.9 Å². The second-order valence-corrected chi connectivity index (χ2v) is 6.68. The Kier molecular flexibility index (Phi) is 4.81. The van der Waals surface area contributed by atoms with E-state index in [9.17, 15) is 5.11 Å². The molecule has 0 radical (unpaired) electrons. The first-order valence-corrected chi connectivity index (χ1v) is 9.12. The van der Waals surface area contributed by atoms with Gasteiger partial charge < -0.3 is 19.5 Å². The molecule has 4 rings (SSSR count). The molecule has 0 bridgehead atoms. The van der Waals surface area contributed by atoms with Crippen molar-refractivity contribution >= 4 is 16.7 Å². The monoisotopic (exact) mass is 365 g/mol. The summed E-state index contributed by atoms with van der Waals surface area (Å²) in [7, 11) is 3.25. The number of hydrogen-bond donors (Lipinski definition) is 1. The van der Waals surface area contributed by atoms with Gasteiger partial charge in [0.1, 0.15) is 5.82 Å². The van der Waals surface area contributed by atoms with Crippen molar-refractivity contribution in [3.05, 3.63) is 42.5 Å². The molecule has 1 aliphatic heterocycles. The van der Waals surface area contributed by atoms with Crippen LogP contribution in [0.5, 0.6) is 11.5 Å². The summed E-state index contributed by atoms with van der Waals surface area (Å²) in [6.45, 7) is 1.52. The molecule has 1 aromatic heterocycles. The van der Waals surface area contributed by atoms with Crippen molar-refractivity contribution in [2.24, 2.45) is 0 Å². The van der Waals surface area contributed by atoms with Gasteiger partial charge in [-0.05, 0) is 18.9 Å². The van der Waals surface area contributed by atoms with Crippen LogP contribution in [-0.4, -0.2) is 48.5 Å². The number of methoxy groups -OCH3 is 2. The molecule has 1 N–H and O–H groups in total. The summed E-state index contributed by atoms with van der Waals surface area (Å²) in [6, 6.07) is 13.8. The number of fused-ring (bicyclic) bond motifs is 1. The number of piperidine rings is 1. The SMILES string of the molecule is COc1cc2nc(-c3ccccc3)nc(N3CCC(O)CC3)c2cc1OC. The zero-order valence-electron chi connectivity index (χ0n) is 15.6. The van der Waals surface area contributed by atoms with Crippen LogP contribution in [0.15, 0.2) is 42.5 Å². The van der Waals surface area contributed by atoms with Gasteiger partial charge in [0, 0.05) is 30.1 Å². The zero-order chi connectivity index (χ0) is 18.8. The Morgan fingerprint density at radius 1 is 0.963 bits per heavy atom. The number of benzene rings is 2. The lowest BCUT2D eigenvalue weighted by molar-refractivity contribution is 0.145. The number of hydrogen-bond acceptors (Lipinski definition) is 6. The quantitative estimate of drug-likeness (QED) is 0.765. The number of aliphatic hydroxyl groups excluding tert-OH is 1. The lowest BCUT2D eigenvalue weighted by Crippen LogP contribution is -2.36. The third-order valence-electron chi connectivity index (χ3n) is 4.98. The molecule has 6 nitrogen and oxygen atoms in total. The first kappa shape index (κ1) is 17.5. The van der Waals surface area contributed by atoms with E-state index < -0.39 is 0 Å². The van der Waals surface area contributed by atoms with E-state index in [0.29, 0.717) is 17.3 Å². The highest BCUT2D eigenvalue weighted by Gasteiger charge is 2.22. The van der Waals surface area contributed by atoms with E-state index in [1.165, 1.54) is 0 Å². The number of aliphatic hydroxyl groups is 1. The van der Waals surface area contributed by atoms with E-state index in [2.05, 4.69) is 4.90 Å². The van der Waals surface area contributed by atoms with Gasteiger partial charge in [0.25, 0.3) is 0 Å². The van der Waals surface area contributed by atoms with E-state index in [1.807, 2.05) is 42.5 Å². The van der Waals surface area contributed by atoms with Crippen LogP contribution >= 0.6 is 0 Å². The molecule has 0 aliphatic carbocycles. The fourth-order valence-corrected chi connectivity index (χ4v) is 3.47. The van der Waals surface area contributed by atoms with E-state index in [4.69, 9.17) is 19.4 Å². The summed E-state index contributed by atoms with van der Waals surface area (Å²) in [5.41, 5.74) is 1.77. The molecule has 6 heteroatoms. The first-order valence-electron chi connectivity index (χ1n) is 9.12. The summed E-state index contributed by atoms with van der Waals surface area (Å²) in [4.78, 5) is 11.9. The van der Waals surface area contributed by atoms with Crippen LogP contribution in [0, 0.1) is 0 Å². The number of rotatable bonds is 4. The van der Waals surface area contributed by atoms with Crippen molar-refractivity contribution in [1.82, 2.24) is 9.97 Å². The third-order valence-corrected chi connectivity index (χ3v) is 4.98. The van der Waals surface area contributed by atoms with Crippen molar-refractivity contribution in [1.29, 1.82) is 0 Å². The summed E-state index contributed by atoms with van der Waals surface area (Å²) in [5, 5.41) is 10.8. The van der Waals surface area contributed by atoms with Gasteiger partial charge in [-0.25, -0.2) is 9.97 Å². The largest absolute Gasteiger partial charge is 0.493 e. The Labute approximate surface area is 158 Å². The minimum atomic E-state index is -0.238. The molecule has 1 fully saturated rings. The highest BCUT2D eigenvalue weighted by atomic mass is 16.5. The molecule has 27 heavy (non-hydrogen) atoms. The van der Waals surface area contributed by atoms with Crippen LogP contribution in [0.1, 0.15) is 12.8 Å². The van der Waals surface area contributed by atoms with Crippen LogP contribution in [-0.2, 0) is 0 Å². The van der Waals surface area contributed by atoms with Gasteiger partial charge in [0.15, 0.2) is 17.3 Å². The predicted molar refractivity (Wildman–Crippen MR) is 106 cm³/mol. The molecule has 1 aliphatic rings. The Bertz CT molecular complexity index is 938. The average molecular weight is 365 g/mol. The summed E-state index contributed by atoms with van der Waals surface area (Å²) < 4.78 is 10.9. The minimum absolute atomic E-state index is 0.238. The van der Waals surface area contributed by atoms with Gasteiger partial charge >= 0.3 is 0 Å². The topological polar surface area (TPSA) is 67.7 Å². The molecule has 0 spiro atoms. The van der Waals surface area contributed by atoms with Crippen LogP contribution in [0.2, 0.25) is 0 Å². The van der Waals surface area contributed by atoms with Gasteiger partial charge in [0.2, 0.25) is 0 Å². The van der Waals surface area contributed by atoms with Gasteiger partial charge in [-0.3, -0.25) is 0 Å². The summed E-state index contributed by atoms with van der Waals surface area (Å²) >= 11 is 0. The molecule has 0 unspecified atom stereocenters. The Morgan fingerprint density at radius 2 is 1.63 bits per heavy atom. The van der Waals surface area contributed by atoms with Gasteiger partial charge in [-0.15, -0.1) is 0 Å². The molecule has 2 heterocycles. The van der Waals surface area contributed by atoms with Gasteiger partial charge in [-0.2, -0.15) is 0 Å². The van der Waals surface area contributed by atoms with Crippen LogP contribution in [0.25, 0.3) is 22.3 Å². The second-order valence-electron chi connectivity index (χ2n) is 6.68. The molecule has 3 aromatic rings. The van der Waals surface area contributed by atoms with Crippen molar-refractivity contribution < 1.29 is 14.6 Å². The smallest absolute Gasteiger partial charge is 0.162 e. The van der Waals surface area contributed by atoms with Crippen LogP contribution in [0.4, 0.5) is 5.82 Å². The van der Waals surface area contributed by atoms with Crippen molar-refractivity contribution in [2.75, 3.05) is 32.2 Å². The lowest BCUT2D eigenvalue weighted by atomic mass is 10.1. The maximum absolute atomic E-state index is 9.87. The highest BCUT2D eigenvalue weighted by molar-refractivity contribution is 5.93. The van der Waals surface area contributed by atoms with E-state index in [-0.39, 0.29) is 6.10 Å². The molecule has 140 valence electrons.